The molecular weight excluding hydrogens is 212 g/mol. The first-order valence-corrected chi connectivity index (χ1v) is 6.85. The van der Waals surface area contributed by atoms with Crippen LogP contribution in [0.1, 0.15) is 26.7 Å². The Balaban J connectivity index is 2.29. The summed E-state index contributed by atoms with van der Waals surface area (Å²) < 4.78 is 0. The Labute approximate surface area is 106 Å². The average molecular weight is 240 g/mol. The molecule has 0 aromatic rings. The zero-order chi connectivity index (χ0) is 12.7. The Hall–Kier alpha value is -0.380. The lowest BCUT2D eigenvalue weighted by atomic mass is 9.78. The Kier molecular flexibility index (Phi) is 6.78. The van der Waals surface area contributed by atoms with Crippen molar-refractivity contribution in [1.82, 2.24) is 10.2 Å². The van der Waals surface area contributed by atoms with Gasteiger partial charge in [-0.1, -0.05) is 19.9 Å². The zero-order valence-corrected chi connectivity index (χ0v) is 11.4. The summed E-state index contributed by atoms with van der Waals surface area (Å²) in [5.74, 6) is 1.47. The first-order valence-electron chi connectivity index (χ1n) is 6.85. The molecule has 100 valence electrons. The molecule has 3 heteroatoms. The summed E-state index contributed by atoms with van der Waals surface area (Å²) in [6.07, 6.45) is 4.52. The number of rotatable bonds is 9. The predicted molar refractivity (Wildman–Crippen MR) is 73.1 cm³/mol. The standard InChI is InChI=1S/C14H28N2O/c1-4-7-16(8-9-17)14-6-5-13(14)11-15-10-12(2)3/h4,12-15,17H,1,5-11H2,2-3H3. The van der Waals surface area contributed by atoms with E-state index in [0.29, 0.717) is 6.04 Å². The maximum absolute atomic E-state index is 9.08. The summed E-state index contributed by atoms with van der Waals surface area (Å²) in [6, 6.07) is 0.639. The Morgan fingerprint density at radius 2 is 2.24 bits per heavy atom. The van der Waals surface area contributed by atoms with Gasteiger partial charge in [0.25, 0.3) is 0 Å². The molecule has 2 atom stereocenters. The van der Waals surface area contributed by atoms with Gasteiger partial charge in [-0.05, 0) is 37.8 Å². The fraction of sp³-hybridized carbons (Fsp3) is 0.857. The fourth-order valence-electron chi connectivity index (χ4n) is 2.51. The normalized spacial score (nSPS) is 24.1. The Bertz CT molecular complexity index is 218. The summed E-state index contributed by atoms with van der Waals surface area (Å²) in [5, 5.41) is 12.6. The molecular formula is C14H28N2O. The van der Waals surface area contributed by atoms with Crippen molar-refractivity contribution in [3.63, 3.8) is 0 Å². The monoisotopic (exact) mass is 240 g/mol. The number of aliphatic hydroxyl groups is 1. The minimum Gasteiger partial charge on any atom is -0.395 e. The van der Waals surface area contributed by atoms with Crippen LogP contribution in [0.2, 0.25) is 0 Å². The van der Waals surface area contributed by atoms with Crippen molar-refractivity contribution >= 4 is 0 Å². The third kappa shape index (κ3) is 4.78. The van der Waals surface area contributed by atoms with Gasteiger partial charge in [-0.2, -0.15) is 0 Å². The van der Waals surface area contributed by atoms with Crippen molar-refractivity contribution in [2.45, 2.75) is 32.7 Å². The highest BCUT2D eigenvalue weighted by Gasteiger charge is 2.34. The van der Waals surface area contributed by atoms with Crippen molar-refractivity contribution in [2.24, 2.45) is 11.8 Å². The quantitative estimate of drug-likeness (QED) is 0.599. The average Bonchev–Trinajstić information content (AvgIpc) is 2.23. The lowest BCUT2D eigenvalue weighted by Crippen LogP contribution is -2.51. The second kappa shape index (κ2) is 7.85. The predicted octanol–water partition coefficient (Wildman–Crippen LogP) is 1.49. The SMILES string of the molecule is C=CCN(CCO)C1CCC1CNCC(C)C. The number of nitrogens with one attached hydrogen (secondary N) is 1. The molecule has 1 fully saturated rings. The molecule has 0 aromatic carbocycles. The number of aliphatic hydroxyl groups excluding tert-OH is 1. The van der Waals surface area contributed by atoms with Gasteiger partial charge in [-0.25, -0.2) is 0 Å². The van der Waals surface area contributed by atoms with E-state index in [2.05, 4.69) is 30.6 Å². The highest BCUT2D eigenvalue weighted by Crippen LogP contribution is 2.31. The Morgan fingerprint density at radius 1 is 1.47 bits per heavy atom. The molecule has 0 aliphatic heterocycles. The van der Waals surface area contributed by atoms with Crippen molar-refractivity contribution < 1.29 is 5.11 Å². The minimum atomic E-state index is 0.247. The molecule has 0 radical (unpaired) electrons. The van der Waals surface area contributed by atoms with Crippen LogP contribution in [-0.4, -0.2) is 48.8 Å². The molecule has 0 spiro atoms. The van der Waals surface area contributed by atoms with E-state index >= 15 is 0 Å². The van der Waals surface area contributed by atoms with Crippen molar-refractivity contribution in [2.75, 3.05) is 32.8 Å². The van der Waals surface area contributed by atoms with Gasteiger partial charge in [0.15, 0.2) is 0 Å². The maximum Gasteiger partial charge on any atom is 0.0558 e. The smallest absolute Gasteiger partial charge is 0.0558 e. The van der Waals surface area contributed by atoms with Gasteiger partial charge in [0.1, 0.15) is 0 Å². The number of hydrogen-bond donors (Lipinski definition) is 2. The third-order valence-electron chi connectivity index (χ3n) is 3.56. The summed E-state index contributed by atoms with van der Waals surface area (Å²) in [7, 11) is 0. The molecule has 1 rings (SSSR count). The van der Waals surface area contributed by atoms with Gasteiger partial charge < -0.3 is 10.4 Å². The molecule has 1 saturated carbocycles. The molecule has 0 saturated heterocycles. The topological polar surface area (TPSA) is 35.5 Å². The van der Waals surface area contributed by atoms with Crippen LogP contribution >= 0.6 is 0 Å². The van der Waals surface area contributed by atoms with E-state index in [1.165, 1.54) is 12.8 Å². The van der Waals surface area contributed by atoms with Crippen LogP contribution in [0.25, 0.3) is 0 Å². The molecule has 0 amide bonds. The van der Waals surface area contributed by atoms with Gasteiger partial charge in [0, 0.05) is 19.1 Å². The van der Waals surface area contributed by atoms with E-state index in [9.17, 15) is 0 Å². The molecule has 1 aliphatic carbocycles. The molecule has 0 heterocycles. The lowest BCUT2D eigenvalue weighted by molar-refractivity contribution is 0.0568. The van der Waals surface area contributed by atoms with E-state index < -0.39 is 0 Å². The van der Waals surface area contributed by atoms with Crippen LogP contribution < -0.4 is 5.32 Å². The zero-order valence-electron chi connectivity index (χ0n) is 11.4. The highest BCUT2D eigenvalue weighted by molar-refractivity contribution is 4.92. The van der Waals surface area contributed by atoms with Crippen molar-refractivity contribution in [3.8, 4) is 0 Å². The third-order valence-corrected chi connectivity index (χ3v) is 3.56. The molecule has 1 aliphatic rings. The van der Waals surface area contributed by atoms with Crippen LogP contribution in [0.15, 0.2) is 12.7 Å². The summed E-state index contributed by atoms with van der Waals surface area (Å²) >= 11 is 0. The van der Waals surface area contributed by atoms with E-state index in [1.807, 2.05) is 6.08 Å². The van der Waals surface area contributed by atoms with E-state index in [0.717, 1.165) is 38.0 Å². The number of hydrogen-bond acceptors (Lipinski definition) is 3. The van der Waals surface area contributed by atoms with Crippen LogP contribution in [-0.2, 0) is 0 Å². The fourth-order valence-corrected chi connectivity index (χ4v) is 2.51. The maximum atomic E-state index is 9.08. The molecule has 0 aromatic heterocycles. The van der Waals surface area contributed by atoms with Crippen LogP contribution in [0.5, 0.6) is 0 Å². The Morgan fingerprint density at radius 3 is 2.71 bits per heavy atom. The highest BCUT2D eigenvalue weighted by atomic mass is 16.3. The van der Waals surface area contributed by atoms with Gasteiger partial charge >= 0.3 is 0 Å². The summed E-state index contributed by atoms with van der Waals surface area (Å²) in [5.41, 5.74) is 0. The minimum absolute atomic E-state index is 0.247. The van der Waals surface area contributed by atoms with Gasteiger partial charge in [-0.15, -0.1) is 6.58 Å². The molecule has 2 unspecified atom stereocenters. The van der Waals surface area contributed by atoms with Gasteiger partial charge in [0.05, 0.1) is 6.61 Å². The first-order chi connectivity index (χ1) is 8.19. The molecule has 3 nitrogen and oxygen atoms in total. The largest absolute Gasteiger partial charge is 0.395 e. The molecule has 2 N–H and O–H groups in total. The lowest BCUT2D eigenvalue weighted by Gasteiger charge is -2.44. The first kappa shape index (κ1) is 14.7. The van der Waals surface area contributed by atoms with Gasteiger partial charge in [-0.3, -0.25) is 4.90 Å². The second-order valence-electron chi connectivity index (χ2n) is 5.46. The molecule has 0 bridgehead atoms. The van der Waals surface area contributed by atoms with E-state index in [-0.39, 0.29) is 6.61 Å². The van der Waals surface area contributed by atoms with Crippen LogP contribution in [0, 0.1) is 11.8 Å². The van der Waals surface area contributed by atoms with Crippen molar-refractivity contribution in [3.05, 3.63) is 12.7 Å². The number of nitrogens with zero attached hydrogens (tertiary/aromatic N) is 1. The summed E-state index contributed by atoms with van der Waals surface area (Å²) in [6.45, 7) is 12.4. The van der Waals surface area contributed by atoms with Crippen LogP contribution in [0.4, 0.5) is 0 Å². The summed E-state index contributed by atoms with van der Waals surface area (Å²) in [4.78, 5) is 2.36. The van der Waals surface area contributed by atoms with Crippen LogP contribution in [0.3, 0.4) is 0 Å². The van der Waals surface area contributed by atoms with Gasteiger partial charge in [0.2, 0.25) is 0 Å². The van der Waals surface area contributed by atoms with E-state index in [1.54, 1.807) is 0 Å². The second-order valence-corrected chi connectivity index (χ2v) is 5.46. The van der Waals surface area contributed by atoms with Crippen molar-refractivity contribution in [1.29, 1.82) is 0 Å². The van der Waals surface area contributed by atoms with E-state index in [4.69, 9.17) is 5.11 Å². The molecule has 17 heavy (non-hydrogen) atoms.